The van der Waals surface area contributed by atoms with E-state index >= 15 is 0 Å². The third-order valence-corrected chi connectivity index (χ3v) is 3.39. The van der Waals surface area contributed by atoms with Crippen LogP contribution in [-0.2, 0) is 11.2 Å². The maximum atomic E-state index is 14.0. The first kappa shape index (κ1) is 13.0. The Kier molecular flexibility index (Phi) is 3.97. The molecule has 0 bridgehead atoms. The first-order valence-electron chi connectivity index (χ1n) is 6.49. The molecule has 18 heavy (non-hydrogen) atoms. The van der Waals surface area contributed by atoms with Crippen molar-refractivity contribution in [1.82, 2.24) is 0 Å². The van der Waals surface area contributed by atoms with E-state index in [0.717, 1.165) is 24.8 Å². The van der Waals surface area contributed by atoms with Crippen molar-refractivity contribution in [3.05, 3.63) is 29.1 Å². The monoisotopic (exact) mass is 250 g/mol. The molecule has 1 aliphatic heterocycles. The highest BCUT2D eigenvalue weighted by atomic mass is 19.1. The van der Waals surface area contributed by atoms with Crippen LogP contribution >= 0.6 is 0 Å². The number of hydrogen-bond acceptors (Lipinski definition) is 2. The van der Waals surface area contributed by atoms with Crippen LogP contribution in [0.25, 0.3) is 0 Å². The second kappa shape index (κ2) is 5.48. The molecule has 1 aromatic carbocycles. The van der Waals surface area contributed by atoms with Gasteiger partial charge in [0.25, 0.3) is 0 Å². The van der Waals surface area contributed by atoms with Crippen molar-refractivity contribution in [3.8, 4) is 0 Å². The predicted molar refractivity (Wildman–Crippen MR) is 69.8 cm³/mol. The number of rotatable bonds is 4. The molecule has 0 fully saturated rings. The van der Waals surface area contributed by atoms with Gasteiger partial charge in [0.2, 0.25) is 5.91 Å². The zero-order valence-corrected chi connectivity index (χ0v) is 10.6. The van der Waals surface area contributed by atoms with Crippen LogP contribution in [0.2, 0.25) is 0 Å². The number of aryl methyl sites for hydroxylation is 1. The number of amides is 1. The van der Waals surface area contributed by atoms with Crippen LogP contribution in [0.15, 0.2) is 12.1 Å². The summed E-state index contributed by atoms with van der Waals surface area (Å²) in [5.74, 6) is -0.371. The van der Waals surface area contributed by atoms with Crippen LogP contribution in [0.3, 0.4) is 0 Å². The molecule has 4 heteroatoms. The molecule has 98 valence electrons. The number of carbonyl (C=O) groups excluding carboxylic acids is 1. The van der Waals surface area contributed by atoms with E-state index in [-0.39, 0.29) is 17.8 Å². The molecule has 0 aromatic heterocycles. The van der Waals surface area contributed by atoms with Crippen molar-refractivity contribution >= 4 is 11.6 Å². The Morgan fingerprint density at radius 2 is 2.22 bits per heavy atom. The van der Waals surface area contributed by atoms with E-state index in [1.807, 2.05) is 6.07 Å². The number of unbranched alkanes of at least 4 members (excludes halogenated alkanes) is 1. The second-order valence-corrected chi connectivity index (χ2v) is 4.83. The normalized spacial score (nSPS) is 16.1. The zero-order chi connectivity index (χ0) is 13.1. The highest BCUT2D eigenvalue weighted by molar-refractivity contribution is 5.93. The number of hydrogen-bond donors (Lipinski definition) is 2. The van der Waals surface area contributed by atoms with Crippen LogP contribution in [0.1, 0.15) is 49.8 Å². The van der Waals surface area contributed by atoms with Gasteiger partial charge in [-0.15, -0.1) is 0 Å². The lowest BCUT2D eigenvalue weighted by atomic mass is 9.95. The minimum absolute atomic E-state index is 0.0510. The Morgan fingerprint density at radius 1 is 1.44 bits per heavy atom. The molecule has 3 nitrogen and oxygen atoms in total. The minimum atomic E-state index is -0.320. The zero-order valence-electron chi connectivity index (χ0n) is 10.6. The lowest BCUT2D eigenvalue weighted by Gasteiger charge is -2.20. The summed E-state index contributed by atoms with van der Waals surface area (Å²) in [6, 6.07) is 2.95. The van der Waals surface area contributed by atoms with E-state index < -0.39 is 0 Å². The van der Waals surface area contributed by atoms with E-state index in [0.29, 0.717) is 24.1 Å². The van der Waals surface area contributed by atoms with Crippen LogP contribution in [-0.4, -0.2) is 5.91 Å². The van der Waals surface area contributed by atoms with Gasteiger partial charge in [-0.05, 0) is 30.5 Å². The van der Waals surface area contributed by atoms with Gasteiger partial charge in [0, 0.05) is 23.7 Å². The number of halogens is 1. The van der Waals surface area contributed by atoms with Crippen LogP contribution in [0, 0.1) is 5.82 Å². The van der Waals surface area contributed by atoms with E-state index in [2.05, 4.69) is 12.2 Å². The summed E-state index contributed by atoms with van der Waals surface area (Å²) in [6.45, 7) is 2.09. The molecule has 1 amide bonds. The molecule has 1 aliphatic rings. The third-order valence-electron chi connectivity index (χ3n) is 3.39. The molecule has 0 aliphatic carbocycles. The third kappa shape index (κ3) is 2.70. The van der Waals surface area contributed by atoms with Gasteiger partial charge in [-0.1, -0.05) is 19.8 Å². The maximum absolute atomic E-state index is 14.0. The average Bonchev–Trinajstić information content (AvgIpc) is 2.35. The second-order valence-electron chi connectivity index (χ2n) is 4.83. The summed E-state index contributed by atoms with van der Waals surface area (Å²) < 4.78 is 14.0. The number of nitrogens with one attached hydrogen (secondary N) is 1. The Balaban J connectivity index is 2.24. The van der Waals surface area contributed by atoms with Crippen LogP contribution < -0.4 is 11.1 Å². The highest BCUT2D eigenvalue weighted by Gasteiger charge is 2.19. The number of carbonyl (C=O) groups is 1. The van der Waals surface area contributed by atoms with Crippen LogP contribution in [0.4, 0.5) is 10.1 Å². The van der Waals surface area contributed by atoms with Crippen molar-refractivity contribution in [1.29, 1.82) is 0 Å². The van der Waals surface area contributed by atoms with Crippen molar-refractivity contribution in [2.24, 2.45) is 5.73 Å². The Morgan fingerprint density at radius 3 is 2.94 bits per heavy atom. The standard InChI is InChI=1S/C14H19FN2O/c1-2-3-4-12(16)10-7-9-5-6-14(18)17-13(9)8-11(10)15/h7-8,12H,2-6,16H2,1H3,(H,17,18). The topological polar surface area (TPSA) is 55.1 Å². The quantitative estimate of drug-likeness (QED) is 0.863. The Hall–Kier alpha value is -1.42. The van der Waals surface area contributed by atoms with Crippen molar-refractivity contribution in [3.63, 3.8) is 0 Å². The summed E-state index contributed by atoms with van der Waals surface area (Å²) in [6.07, 6.45) is 3.96. The maximum Gasteiger partial charge on any atom is 0.224 e. The molecule has 0 spiro atoms. The molecule has 3 N–H and O–H groups in total. The lowest BCUT2D eigenvalue weighted by molar-refractivity contribution is -0.116. The van der Waals surface area contributed by atoms with E-state index in [4.69, 9.17) is 5.73 Å². The van der Waals surface area contributed by atoms with Gasteiger partial charge in [-0.25, -0.2) is 4.39 Å². The van der Waals surface area contributed by atoms with Gasteiger partial charge in [0.15, 0.2) is 0 Å². The summed E-state index contributed by atoms with van der Waals surface area (Å²) in [5, 5.41) is 2.69. The summed E-state index contributed by atoms with van der Waals surface area (Å²) >= 11 is 0. The van der Waals surface area contributed by atoms with Crippen molar-refractivity contribution < 1.29 is 9.18 Å². The van der Waals surface area contributed by atoms with Gasteiger partial charge < -0.3 is 11.1 Å². The molecule has 2 rings (SSSR count). The molecule has 1 heterocycles. The fourth-order valence-electron chi connectivity index (χ4n) is 2.28. The van der Waals surface area contributed by atoms with Crippen molar-refractivity contribution in [2.75, 3.05) is 5.32 Å². The number of nitrogens with two attached hydrogens (primary N) is 1. The largest absolute Gasteiger partial charge is 0.326 e. The van der Waals surface area contributed by atoms with Crippen molar-refractivity contribution in [2.45, 2.75) is 45.1 Å². The number of benzene rings is 1. The van der Waals surface area contributed by atoms with Gasteiger partial charge in [0.1, 0.15) is 5.82 Å². The number of fused-ring (bicyclic) bond motifs is 1. The van der Waals surface area contributed by atoms with E-state index in [1.165, 1.54) is 6.07 Å². The van der Waals surface area contributed by atoms with E-state index in [9.17, 15) is 9.18 Å². The fraction of sp³-hybridized carbons (Fsp3) is 0.500. The summed E-state index contributed by atoms with van der Waals surface area (Å²) in [5.41, 5.74) is 8.16. The molecular formula is C14H19FN2O. The van der Waals surface area contributed by atoms with Gasteiger partial charge >= 0.3 is 0 Å². The molecule has 1 aromatic rings. The minimum Gasteiger partial charge on any atom is -0.326 e. The first-order valence-corrected chi connectivity index (χ1v) is 6.49. The number of anilines is 1. The summed E-state index contributed by atoms with van der Waals surface area (Å²) in [7, 11) is 0. The molecule has 0 saturated carbocycles. The first-order chi connectivity index (χ1) is 8.61. The molecule has 0 radical (unpaired) electrons. The van der Waals surface area contributed by atoms with E-state index in [1.54, 1.807) is 0 Å². The van der Waals surface area contributed by atoms with Crippen LogP contribution in [0.5, 0.6) is 0 Å². The van der Waals surface area contributed by atoms with Gasteiger partial charge in [0.05, 0.1) is 0 Å². The molecule has 1 unspecified atom stereocenters. The average molecular weight is 250 g/mol. The fourth-order valence-corrected chi connectivity index (χ4v) is 2.28. The predicted octanol–water partition coefficient (Wildman–Crippen LogP) is 2.90. The summed E-state index contributed by atoms with van der Waals surface area (Å²) in [4.78, 5) is 11.2. The van der Waals surface area contributed by atoms with Gasteiger partial charge in [-0.3, -0.25) is 4.79 Å². The molecular weight excluding hydrogens is 231 g/mol. The lowest BCUT2D eigenvalue weighted by Crippen LogP contribution is -2.21. The SMILES string of the molecule is CCCCC(N)c1cc2c(cc1F)NC(=O)CC2. The molecule has 1 atom stereocenters. The smallest absolute Gasteiger partial charge is 0.224 e. The Bertz CT molecular complexity index is 459. The Labute approximate surface area is 107 Å². The van der Waals surface area contributed by atoms with Gasteiger partial charge in [-0.2, -0.15) is 0 Å². The highest BCUT2D eigenvalue weighted by Crippen LogP contribution is 2.29. The molecule has 0 saturated heterocycles.